The fourth-order valence-electron chi connectivity index (χ4n) is 3.56. The minimum absolute atomic E-state index is 0.0554. The van der Waals surface area contributed by atoms with Gasteiger partial charge in [-0.25, -0.2) is 8.42 Å². The van der Waals surface area contributed by atoms with Crippen LogP contribution < -0.4 is 5.73 Å². The number of carbonyl (C=O) groups excluding carboxylic acids is 1. The number of rotatable bonds is 4. The van der Waals surface area contributed by atoms with Gasteiger partial charge in [-0.05, 0) is 43.9 Å². The number of hydrogen-bond donors (Lipinski definition) is 1. The summed E-state index contributed by atoms with van der Waals surface area (Å²) in [6.45, 7) is 2.24. The molecule has 3 rings (SSSR count). The van der Waals surface area contributed by atoms with E-state index in [1.165, 1.54) is 10.4 Å². The molecule has 2 aliphatic heterocycles. The molecular weight excluding hydrogens is 326 g/mol. The van der Waals surface area contributed by atoms with E-state index < -0.39 is 10.0 Å². The number of benzene rings is 1. The molecule has 0 aliphatic carbocycles. The highest BCUT2D eigenvalue weighted by atomic mass is 32.2. The molecule has 0 aromatic heterocycles. The van der Waals surface area contributed by atoms with Gasteiger partial charge < -0.3 is 10.6 Å². The van der Waals surface area contributed by atoms with E-state index in [1.54, 1.807) is 23.1 Å². The Hall–Kier alpha value is -1.44. The molecule has 1 unspecified atom stereocenters. The van der Waals surface area contributed by atoms with Gasteiger partial charge in [0.05, 0.1) is 4.90 Å². The molecule has 24 heavy (non-hydrogen) atoms. The van der Waals surface area contributed by atoms with Gasteiger partial charge in [0.2, 0.25) is 10.0 Å². The van der Waals surface area contributed by atoms with E-state index in [4.69, 9.17) is 5.73 Å². The molecule has 2 heterocycles. The third-order valence-electron chi connectivity index (χ3n) is 4.94. The highest BCUT2D eigenvalue weighted by Gasteiger charge is 2.30. The molecule has 7 heteroatoms. The van der Waals surface area contributed by atoms with Crippen LogP contribution in [0.3, 0.4) is 0 Å². The lowest BCUT2D eigenvalue weighted by molar-refractivity contribution is 0.0741. The molecule has 0 saturated carbocycles. The van der Waals surface area contributed by atoms with Crippen molar-refractivity contribution in [2.45, 2.75) is 43.0 Å². The summed E-state index contributed by atoms with van der Waals surface area (Å²) in [6.07, 6.45) is 4.71. The monoisotopic (exact) mass is 351 g/mol. The maximum atomic E-state index is 12.8. The number of nitrogens with two attached hydrogens (primary N) is 1. The van der Waals surface area contributed by atoms with Crippen LogP contribution in [0.1, 0.15) is 42.5 Å². The summed E-state index contributed by atoms with van der Waals surface area (Å²) in [5, 5.41) is 0. The lowest BCUT2D eigenvalue weighted by Gasteiger charge is -2.26. The van der Waals surface area contributed by atoms with E-state index in [0.717, 1.165) is 32.1 Å². The summed E-state index contributed by atoms with van der Waals surface area (Å²) < 4.78 is 27.1. The maximum absolute atomic E-state index is 12.8. The van der Waals surface area contributed by atoms with Crippen LogP contribution in [0, 0.1) is 0 Å². The number of carbonyl (C=O) groups is 1. The molecule has 0 radical (unpaired) electrons. The Morgan fingerprint density at radius 1 is 1.12 bits per heavy atom. The van der Waals surface area contributed by atoms with E-state index in [1.807, 2.05) is 0 Å². The Balaban J connectivity index is 1.85. The van der Waals surface area contributed by atoms with Gasteiger partial charge in [0.25, 0.3) is 5.91 Å². The van der Waals surface area contributed by atoms with Crippen molar-refractivity contribution >= 4 is 15.9 Å². The van der Waals surface area contributed by atoms with Crippen LogP contribution in [-0.4, -0.2) is 55.8 Å². The third-order valence-corrected chi connectivity index (χ3v) is 6.84. The van der Waals surface area contributed by atoms with Crippen molar-refractivity contribution in [3.05, 3.63) is 29.8 Å². The Bertz CT molecular complexity index is 699. The fourth-order valence-corrected chi connectivity index (χ4v) is 5.12. The summed E-state index contributed by atoms with van der Waals surface area (Å²) in [5.74, 6) is -0.126. The highest BCUT2D eigenvalue weighted by molar-refractivity contribution is 7.89. The number of sulfonamides is 1. The molecule has 1 aromatic rings. The van der Waals surface area contributed by atoms with E-state index >= 15 is 0 Å². The lowest BCUT2D eigenvalue weighted by Crippen LogP contribution is -2.40. The number of amides is 1. The van der Waals surface area contributed by atoms with Crippen LogP contribution in [0.4, 0.5) is 0 Å². The van der Waals surface area contributed by atoms with Crippen molar-refractivity contribution in [1.29, 1.82) is 0 Å². The van der Waals surface area contributed by atoms with Crippen molar-refractivity contribution in [1.82, 2.24) is 9.21 Å². The number of hydrogen-bond acceptors (Lipinski definition) is 4. The second kappa shape index (κ2) is 7.21. The molecular formula is C17H25N3O3S. The molecule has 6 nitrogen and oxygen atoms in total. The maximum Gasteiger partial charge on any atom is 0.254 e. The molecule has 0 spiro atoms. The normalized spacial score (nSPS) is 22.7. The Labute approximate surface area is 143 Å². The van der Waals surface area contributed by atoms with Gasteiger partial charge in [-0.1, -0.05) is 12.5 Å². The Morgan fingerprint density at radius 3 is 2.58 bits per heavy atom. The van der Waals surface area contributed by atoms with Gasteiger partial charge in [-0.15, -0.1) is 0 Å². The smallest absolute Gasteiger partial charge is 0.254 e. The predicted octanol–water partition coefficient (Wildman–Crippen LogP) is 1.42. The molecule has 2 saturated heterocycles. The Morgan fingerprint density at radius 2 is 1.88 bits per heavy atom. The molecule has 2 aliphatic rings. The molecule has 1 atom stereocenters. The zero-order valence-electron chi connectivity index (χ0n) is 13.9. The van der Waals surface area contributed by atoms with E-state index in [9.17, 15) is 13.2 Å². The lowest BCUT2D eigenvalue weighted by atomic mass is 10.1. The van der Waals surface area contributed by atoms with Crippen LogP contribution in [0.25, 0.3) is 0 Å². The van der Waals surface area contributed by atoms with Gasteiger partial charge in [0, 0.05) is 37.8 Å². The van der Waals surface area contributed by atoms with Gasteiger partial charge in [-0.3, -0.25) is 4.79 Å². The molecule has 132 valence electrons. The zero-order chi connectivity index (χ0) is 17.2. The summed E-state index contributed by atoms with van der Waals surface area (Å²) in [4.78, 5) is 14.7. The zero-order valence-corrected chi connectivity index (χ0v) is 14.7. The molecule has 0 bridgehead atoms. The number of nitrogens with zero attached hydrogens (tertiary/aromatic N) is 2. The topological polar surface area (TPSA) is 83.7 Å². The number of piperidine rings is 1. The average Bonchev–Trinajstić information content (AvgIpc) is 3.10. The summed E-state index contributed by atoms with van der Waals surface area (Å²) >= 11 is 0. The van der Waals surface area contributed by atoms with Crippen molar-refractivity contribution in [3.8, 4) is 0 Å². The van der Waals surface area contributed by atoms with Crippen LogP contribution in [0.15, 0.2) is 29.2 Å². The third kappa shape index (κ3) is 3.34. The first-order valence-corrected chi connectivity index (χ1v) is 10.1. The van der Waals surface area contributed by atoms with Gasteiger partial charge in [0.1, 0.15) is 0 Å². The van der Waals surface area contributed by atoms with E-state index in [2.05, 4.69) is 0 Å². The van der Waals surface area contributed by atoms with Crippen molar-refractivity contribution in [2.75, 3.05) is 26.2 Å². The van der Waals surface area contributed by atoms with Gasteiger partial charge >= 0.3 is 0 Å². The second-order valence-corrected chi connectivity index (χ2v) is 8.46. The molecule has 2 N–H and O–H groups in total. The molecule has 2 fully saturated rings. The largest absolute Gasteiger partial charge is 0.334 e. The first kappa shape index (κ1) is 17.4. The number of likely N-dealkylation sites (tertiary alicyclic amines) is 1. The van der Waals surface area contributed by atoms with E-state index in [0.29, 0.717) is 31.7 Å². The predicted molar refractivity (Wildman–Crippen MR) is 92.2 cm³/mol. The quantitative estimate of drug-likeness (QED) is 0.889. The summed E-state index contributed by atoms with van der Waals surface area (Å²) in [5.41, 5.74) is 6.16. The minimum Gasteiger partial charge on any atom is -0.334 e. The van der Waals surface area contributed by atoms with Crippen LogP contribution in [0.5, 0.6) is 0 Å². The first-order chi connectivity index (χ1) is 11.5. The Kier molecular flexibility index (Phi) is 5.22. The van der Waals surface area contributed by atoms with Gasteiger partial charge in [-0.2, -0.15) is 4.31 Å². The highest BCUT2D eigenvalue weighted by Crippen LogP contribution is 2.24. The van der Waals surface area contributed by atoms with Crippen LogP contribution >= 0.6 is 0 Å². The van der Waals surface area contributed by atoms with Crippen molar-refractivity contribution < 1.29 is 13.2 Å². The minimum atomic E-state index is -3.52. The van der Waals surface area contributed by atoms with Gasteiger partial charge in [0.15, 0.2) is 0 Å². The standard InChI is InChI=1S/C17H25N3O3S/c18-13-15-7-5-11-20(15)17(21)14-6-4-8-16(12-14)24(22,23)19-9-2-1-3-10-19/h4,6,8,12,15H,1-3,5,7,9-11,13,18H2. The second-order valence-electron chi connectivity index (χ2n) is 6.52. The van der Waals surface area contributed by atoms with Crippen LogP contribution in [0.2, 0.25) is 0 Å². The average molecular weight is 351 g/mol. The van der Waals surface area contributed by atoms with Crippen molar-refractivity contribution in [3.63, 3.8) is 0 Å². The van der Waals surface area contributed by atoms with Crippen LogP contribution in [-0.2, 0) is 10.0 Å². The van der Waals surface area contributed by atoms with Crippen molar-refractivity contribution in [2.24, 2.45) is 5.73 Å². The SMILES string of the molecule is NCC1CCCN1C(=O)c1cccc(S(=O)(=O)N2CCCCC2)c1. The first-order valence-electron chi connectivity index (χ1n) is 8.65. The molecule has 1 amide bonds. The summed E-state index contributed by atoms with van der Waals surface area (Å²) in [7, 11) is -3.52. The van der Waals surface area contributed by atoms with E-state index in [-0.39, 0.29) is 16.8 Å². The summed E-state index contributed by atoms with van der Waals surface area (Å²) in [6, 6.07) is 6.48. The molecule has 1 aromatic carbocycles. The fraction of sp³-hybridized carbons (Fsp3) is 0.588.